The van der Waals surface area contributed by atoms with Crippen molar-refractivity contribution in [2.45, 2.75) is 0 Å². The highest BCUT2D eigenvalue weighted by atomic mass is 127. The molecule has 0 aliphatic rings. The second kappa shape index (κ2) is 7.68. The summed E-state index contributed by atoms with van der Waals surface area (Å²) in [4.78, 5) is 23.6. The molecule has 0 unspecified atom stereocenters. The zero-order valence-electron chi connectivity index (χ0n) is 11.1. The third kappa shape index (κ3) is 4.77. The van der Waals surface area contributed by atoms with E-state index in [1.54, 1.807) is 18.2 Å². The first kappa shape index (κ1) is 16.9. The first-order valence-corrected chi connectivity index (χ1v) is 8.00. The second-order valence-corrected chi connectivity index (χ2v) is 6.36. The summed E-state index contributed by atoms with van der Waals surface area (Å²) in [5.74, 6) is -1.63. The van der Waals surface area contributed by atoms with E-state index in [1.165, 1.54) is 6.07 Å². The van der Waals surface area contributed by atoms with Crippen LogP contribution in [0.5, 0.6) is 0 Å². The van der Waals surface area contributed by atoms with Crippen molar-refractivity contribution in [3.8, 4) is 0 Å². The van der Waals surface area contributed by atoms with Crippen molar-refractivity contribution < 1.29 is 18.7 Å². The van der Waals surface area contributed by atoms with Gasteiger partial charge in [-0.2, -0.15) is 0 Å². The van der Waals surface area contributed by atoms with Crippen molar-refractivity contribution in [1.82, 2.24) is 0 Å². The zero-order valence-corrected chi connectivity index (χ0v) is 14.9. The molecule has 0 atom stereocenters. The number of benzene rings is 2. The number of halogens is 3. The summed E-state index contributed by atoms with van der Waals surface area (Å²) in [6, 6.07) is 10.8. The van der Waals surface area contributed by atoms with Crippen LogP contribution in [0.2, 0.25) is 0 Å². The number of carbonyl (C=O) groups excluding carboxylic acids is 2. The van der Waals surface area contributed by atoms with E-state index >= 15 is 0 Å². The van der Waals surface area contributed by atoms with Crippen molar-refractivity contribution in [3.63, 3.8) is 0 Å². The lowest BCUT2D eigenvalue weighted by molar-refractivity contribution is -0.119. The minimum absolute atomic E-state index is 0.156. The highest BCUT2D eigenvalue weighted by molar-refractivity contribution is 14.1. The highest BCUT2D eigenvalue weighted by Gasteiger charge is 2.14. The van der Waals surface area contributed by atoms with Crippen LogP contribution in [0.4, 0.5) is 10.1 Å². The number of hydrogen-bond acceptors (Lipinski definition) is 3. The van der Waals surface area contributed by atoms with Gasteiger partial charge in [-0.05, 0) is 74.9 Å². The van der Waals surface area contributed by atoms with E-state index < -0.39 is 24.3 Å². The van der Waals surface area contributed by atoms with Gasteiger partial charge in [0, 0.05) is 13.7 Å². The molecular weight excluding hydrogens is 468 g/mol. The molecule has 0 aromatic heterocycles. The Morgan fingerprint density at radius 3 is 2.68 bits per heavy atom. The number of carbonyl (C=O) groups is 2. The molecule has 0 spiro atoms. The van der Waals surface area contributed by atoms with Crippen LogP contribution in [-0.4, -0.2) is 18.5 Å². The van der Waals surface area contributed by atoms with Gasteiger partial charge in [0.25, 0.3) is 5.91 Å². The van der Waals surface area contributed by atoms with E-state index in [-0.39, 0.29) is 10.0 Å². The molecule has 0 bridgehead atoms. The highest BCUT2D eigenvalue weighted by Crippen LogP contribution is 2.19. The van der Waals surface area contributed by atoms with E-state index in [9.17, 15) is 14.0 Å². The van der Waals surface area contributed by atoms with E-state index in [4.69, 9.17) is 4.74 Å². The number of amides is 1. The van der Waals surface area contributed by atoms with Crippen LogP contribution >= 0.6 is 38.5 Å². The largest absolute Gasteiger partial charge is 0.452 e. The lowest BCUT2D eigenvalue weighted by atomic mass is 10.2. The molecule has 4 nitrogen and oxygen atoms in total. The van der Waals surface area contributed by atoms with Gasteiger partial charge in [-0.3, -0.25) is 4.79 Å². The number of rotatable bonds is 4. The molecule has 114 valence electrons. The summed E-state index contributed by atoms with van der Waals surface area (Å²) in [5.41, 5.74) is 0.777. The van der Waals surface area contributed by atoms with Crippen LogP contribution in [0.25, 0.3) is 0 Å². The van der Waals surface area contributed by atoms with Gasteiger partial charge in [0.2, 0.25) is 0 Å². The van der Waals surface area contributed by atoms with Gasteiger partial charge in [-0.15, -0.1) is 0 Å². The Morgan fingerprint density at radius 1 is 1.23 bits per heavy atom. The molecule has 2 aromatic rings. The first-order chi connectivity index (χ1) is 10.5. The van der Waals surface area contributed by atoms with Crippen LogP contribution < -0.4 is 5.32 Å². The van der Waals surface area contributed by atoms with E-state index in [0.29, 0.717) is 5.69 Å². The molecule has 2 rings (SSSR count). The standard InChI is InChI=1S/C15H10BrFINO3/c16-13-6-9(17)4-5-12(13)15(21)22-8-14(20)19-11-3-1-2-10(18)7-11/h1-7H,8H2,(H,19,20). The fourth-order valence-corrected chi connectivity index (χ4v) is 2.68. The molecule has 7 heteroatoms. The Kier molecular flexibility index (Phi) is 5.90. The molecule has 1 amide bonds. The Morgan fingerprint density at radius 2 is 2.00 bits per heavy atom. The normalized spacial score (nSPS) is 10.1. The Bertz CT molecular complexity index is 724. The van der Waals surface area contributed by atoms with Crippen LogP contribution in [0.1, 0.15) is 10.4 Å². The minimum atomic E-state index is -0.704. The van der Waals surface area contributed by atoms with E-state index in [0.717, 1.165) is 15.7 Å². The number of hydrogen-bond donors (Lipinski definition) is 1. The average molecular weight is 478 g/mol. The molecule has 0 aliphatic carbocycles. The minimum Gasteiger partial charge on any atom is -0.452 e. The van der Waals surface area contributed by atoms with Gasteiger partial charge in [0.1, 0.15) is 5.82 Å². The molecule has 0 saturated heterocycles. The molecular formula is C15H10BrFINO3. The fourth-order valence-electron chi connectivity index (χ4n) is 1.63. The molecule has 0 radical (unpaired) electrons. The van der Waals surface area contributed by atoms with Gasteiger partial charge in [0.05, 0.1) is 5.56 Å². The number of anilines is 1. The van der Waals surface area contributed by atoms with Gasteiger partial charge in [-0.25, -0.2) is 9.18 Å². The van der Waals surface area contributed by atoms with Gasteiger partial charge >= 0.3 is 5.97 Å². The topological polar surface area (TPSA) is 55.4 Å². The summed E-state index contributed by atoms with van der Waals surface area (Å²) < 4.78 is 19.1. The fraction of sp³-hybridized carbons (Fsp3) is 0.0667. The third-order valence-corrected chi connectivity index (χ3v) is 3.92. The molecule has 1 N–H and O–H groups in total. The van der Waals surface area contributed by atoms with Crippen molar-refractivity contribution in [2.75, 3.05) is 11.9 Å². The maximum Gasteiger partial charge on any atom is 0.339 e. The lowest BCUT2D eigenvalue weighted by Gasteiger charge is -2.08. The molecule has 0 heterocycles. The van der Waals surface area contributed by atoms with Crippen molar-refractivity contribution in [3.05, 3.63) is 61.9 Å². The van der Waals surface area contributed by atoms with Crippen molar-refractivity contribution in [2.24, 2.45) is 0 Å². The molecule has 0 fully saturated rings. The second-order valence-electron chi connectivity index (χ2n) is 4.26. The first-order valence-electron chi connectivity index (χ1n) is 6.13. The van der Waals surface area contributed by atoms with Crippen LogP contribution in [0.15, 0.2) is 46.9 Å². The summed E-state index contributed by atoms with van der Waals surface area (Å²) in [6.45, 7) is -0.422. The Labute approximate surface area is 148 Å². The predicted octanol–water partition coefficient (Wildman–Crippen LogP) is 3.99. The summed E-state index contributed by atoms with van der Waals surface area (Å²) in [7, 11) is 0. The number of ether oxygens (including phenoxy) is 1. The average Bonchev–Trinajstić information content (AvgIpc) is 2.45. The molecule has 2 aromatic carbocycles. The van der Waals surface area contributed by atoms with Crippen LogP contribution in [0, 0.1) is 9.39 Å². The molecule has 0 saturated carbocycles. The van der Waals surface area contributed by atoms with Gasteiger partial charge < -0.3 is 10.1 Å². The Hall–Kier alpha value is -1.48. The summed E-state index contributed by atoms with van der Waals surface area (Å²) >= 11 is 5.20. The monoisotopic (exact) mass is 477 g/mol. The molecule has 0 aliphatic heterocycles. The molecule has 22 heavy (non-hydrogen) atoms. The lowest BCUT2D eigenvalue weighted by Crippen LogP contribution is -2.21. The zero-order chi connectivity index (χ0) is 16.1. The number of nitrogens with one attached hydrogen (secondary N) is 1. The summed E-state index contributed by atoms with van der Waals surface area (Å²) in [5, 5.41) is 2.62. The predicted molar refractivity (Wildman–Crippen MR) is 92.2 cm³/mol. The smallest absolute Gasteiger partial charge is 0.339 e. The maximum absolute atomic E-state index is 13.0. The van der Waals surface area contributed by atoms with Crippen molar-refractivity contribution >= 4 is 56.1 Å². The van der Waals surface area contributed by atoms with E-state index in [2.05, 4.69) is 43.8 Å². The third-order valence-electron chi connectivity index (χ3n) is 2.59. The SMILES string of the molecule is O=C(COC(=O)c1ccc(F)cc1Br)Nc1cccc(I)c1. The number of esters is 1. The Balaban J connectivity index is 1.92. The van der Waals surface area contributed by atoms with Crippen LogP contribution in [0.3, 0.4) is 0 Å². The van der Waals surface area contributed by atoms with Gasteiger partial charge in [0.15, 0.2) is 6.61 Å². The van der Waals surface area contributed by atoms with E-state index in [1.807, 2.05) is 6.07 Å². The van der Waals surface area contributed by atoms with Crippen LogP contribution in [-0.2, 0) is 9.53 Å². The van der Waals surface area contributed by atoms with Gasteiger partial charge in [-0.1, -0.05) is 6.07 Å². The quantitative estimate of drug-likeness (QED) is 0.535. The maximum atomic E-state index is 13.0. The summed E-state index contributed by atoms with van der Waals surface area (Å²) in [6.07, 6.45) is 0. The van der Waals surface area contributed by atoms with Crippen molar-refractivity contribution in [1.29, 1.82) is 0 Å².